The van der Waals surface area contributed by atoms with Gasteiger partial charge in [0.15, 0.2) is 5.13 Å². The van der Waals surface area contributed by atoms with E-state index in [9.17, 15) is 25.0 Å². The second kappa shape index (κ2) is 6.53. The van der Waals surface area contributed by atoms with E-state index in [1.54, 1.807) is 12.1 Å². The van der Waals surface area contributed by atoms with Crippen molar-refractivity contribution < 1.29 is 14.6 Å². The molecule has 3 aromatic rings. The molecular weight excluding hydrogens is 416 g/mol. The normalized spacial score (nSPS) is 10.6. The fourth-order valence-corrected chi connectivity index (χ4v) is 3.51. The maximum Gasteiger partial charge on any atom is 0.289 e. The van der Waals surface area contributed by atoms with Crippen LogP contribution in [0.2, 0.25) is 0 Å². The molecule has 0 aliphatic rings. The summed E-state index contributed by atoms with van der Waals surface area (Å²) >= 11 is 4.54. The lowest BCUT2D eigenvalue weighted by atomic mass is 10.1. The van der Waals surface area contributed by atoms with Gasteiger partial charge in [-0.1, -0.05) is 27.3 Å². The van der Waals surface area contributed by atoms with Crippen molar-refractivity contribution in [3.63, 3.8) is 0 Å². The van der Waals surface area contributed by atoms with Crippen LogP contribution in [0.4, 0.5) is 16.5 Å². The first-order valence-electron chi connectivity index (χ1n) is 6.65. The van der Waals surface area contributed by atoms with E-state index in [1.165, 1.54) is 11.3 Å². The van der Waals surface area contributed by atoms with Crippen LogP contribution in [-0.2, 0) is 0 Å². The van der Waals surface area contributed by atoms with E-state index in [1.807, 2.05) is 6.07 Å². The van der Waals surface area contributed by atoms with Crippen LogP contribution in [-0.4, -0.2) is 20.7 Å². The Morgan fingerprint density at radius 3 is 2.56 bits per heavy atom. The molecule has 0 bridgehead atoms. The molecule has 3 rings (SSSR count). The van der Waals surface area contributed by atoms with Crippen molar-refractivity contribution in [1.82, 2.24) is 4.98 Å². The number of anilines is 1. The van der Waals surface area contributed by atoms with Crippen LogP contribution in [0.15, 0.2) is 40.9 Å². The van der Waals surface area contributed by atoms with Gasteiger partial charge in [-0.25, -0.2) is 4.98 Å². The molecule has 1 heterocycles. The highest BCUT2D eigenvalue weighted by Crippen LogP contribution is 2.30. The summed E-state index contributed by atoms with van der Waals surface area (Å²) in [6, 6.07) is 8.24. The van der Waals surface area contributed by atoms with E-state index in [0.29, 0.717) is 5.52 Å². The molecule has 0 spiro atoms. The number of nitro groups is 2. The lowest BCUT2D eigenvalue weighted by Crippen LogP contribution is -2.14. The Hall–Kier alpha value is -2.92. The lowest BCUT2D eigenvalue weighted by Gasteiger charge is -2.03. The summed E-state index contributed by atoms with van der Waals surface area (Å²) in [6.45, 7) is 0. The summed E-state index contributed by atoms with van der Waals surface area (Å²) in [5.74, 6) is -0.764. The first-order valence-corrected chi connectivity index (χ1v) is 8.26. The largest absolute Gasteiger partial charge is 0.298 e. The number of hydrogen-bond acceptors (Lipinski definition) is 7. The molecular formula is C14H7BrN4O5S. The molecule has 0 saturated carbocycles. The predicted molar refractivity (Wildman–Crippen MR) is 95.0 cm³/mol. The smallest absolute Gasteiger partial charge is 0.289 e. The topological polar surface area (TPSA) is 128 Å². The van der Waals surface area contributed by atoms with Gasteiger partial charge in [-0.05, 0) is 24.3 Å². The van der Waals surface area contributed by atoms with Crippen molar-refractivity contribution in [3.8, 4) is 0 Å². The molecule has 9 nitrogen and oxygen atoms in total. The first-order chi connectivity index (χ1) is 11.8. The zero-order valence-electron chi connectivity index (χ0n) is 12.1. The number of thiazole rings is 1. The number of halogens is 1. The SMILES string of the molecule is O=C(Nc1nc2ccc(Br)cc2s1)c1ccc([N+](=O)[O-])cc1[N+](=O)[O-]. The van der Waals surface area contributed by atoms with Crippen molar-refractivity contribution in [2.24, 2.45) is 0 Å². The van der Waals surface area contributed by atoms with Crippen LogP contribution < -0.4 is 5.32 Å². The minimum absolute atomic E-state index is 0.269. The monoisotopic (exact) mass is 422 g/mol. The van der Waals surface area contributed by atoms with Gasteiger partial charge in [-0.3, -0.25) is 30.3 Å². The minimum atomic E-state index is -0.836. The third-order valence-corrected chi connectivity index (χ3v) is 4.63. The fourth-order valence-electron chi connectivity index (χ4n) is 2.09. The second-order valence-electron chi connectivity index (χ2n) is 4.80. The molecule has 1 amide bonds. The van der Waals surface area contributed by atoms with Crippen molar-refractivity contribution in [1.29, 1.82) is 0 Å². The second-order valence-corrected chi connectivity index (χ2v) is 6.75. The number of carbonyl (C=O) groups excluding carboxylic acids is 1. The number of benzene rings is 2. The lowest BCUT2D eigenvalue weighted by molar-refractivity contribution is -0.394. The summed E-state index contributed by atoms with van der Waals surface area (Å²) < 4.78 is 1.68. The number of rotatable bonds is 4. The molecule has 0 unspecified atom stereocenters. The number of nitro benzene ring substituents is 2. The Morgan fingerprint density at radius 1 is 1.12 bits per heavy atom. The molecule has 1 N–H and O–H groups in total. The summed E-state index contributed by atoms with van der Waals surface area (Å²) in [5.41, 5.74) is -0.721. The number of amides is 1. The van der Waals surface area contributed by atoms with E-state index < -0.39 is 27.1 Å². The molecule has 25 heavy (non-hydrogen) atoms. The van der Waals surface area contributed by atoms with E-state index in [4.69, 9.17) is 0 Å². The number of fused-ring (bicyclic) bond motifs is 1. The molecule has 0 fully saturated rings. The highest BCUT2D eigenvalue weighted by molar-refractivity contribution is 9.10. The van der Waals surface area contributed by atoms with E-state index in [2.05, 4.69) is 26.2 Å². The van der Waals surface area contributed by atoms with Crippen LogP contribution in [0.5, 0.6) is 0 Å². The zero-order chi connectivity index (χ0) is 18.1. The summed E-state index contributed by atoms with van der Waals surface area (Å²) in [4.78, 5) is 36.8. The van der Waals surface area contributed by atoms with E-state index >= 15 is 0 Å². The van der Waals surface area contributed by atoms with Gasteiger partial charge in [-0.2, -0.15) is 0 Å². The summed E-state index contributed by atoms with van der Waals surface area (Å²) in [6.07, 6.45) is 0. The maximum atomic E-state index is 12.3. The zero-order valence-corrected chi connectivity index (χ0v) is 14.5. The highest BCUT2D eigenvalue weighted by atomic mass is 79.9. The van der Waals surface area contributed by atoms with Gasteiger partial charge in [0.25, 0.3) is 17.3 Å². The molecule has 1 aromatic heterocycles. The molecule has 126 valence electrons. The molecule has 0 saturated heterocycles. The first kappa shape index (κ1) is 16.9. The van der Waals surface area contributed by atoms with Gasteiger partial charge in [0, 0.05) is 10.5 Å². The number of aromatic nitrogens is 1. The van der Waals surface area contributed by atoms with Crippen LogP contribution in [0.25, 0.3) is 10.2 Å². The van der Waals surface area contributed by atoms with Crippen molar-refractivity contribution >= 4 is 59.9 Å². The van der Waals surface area contributed by atoms with E-state index in [0.717, 1.165) is 27.4 Å². The molecule has 0 radical (unpaired) electrons. The Kier molecular flexibility index (Phi) is 4.42. The van der Waals surface area contributed by atoms with Gasteiger partial charge in [0.2, 0.25) is 0 Å². The molecule has 11 heteroatoms. The summed E-state index contributed by atoms with van der Waals surface area (Å²) in [7, 11) is 0. The number of carbonyl (C=O) groups is 1. The third-order valence-electron chi connectivity index (χ3n) is 3.20. The van der Waals surface area contributed by atoms with Crippen LogP contribution in [0.3, 0.4) is 0 Å². The molecule has 0 aliphatic carbocycles. The minimum Gasteiger partial charge on any atom is -0.298 e. The number of non-ortho nitro benzene ring substituents is 1. The Balaban J connectivity index is 1.94. The van der Waals surface area contributed by atoms with Crippen LogP contribution in [0, 0.1) is 20.2 Å². The Labute approximate surface area is 151 Å². The fraction of sp³-hybridized carbons (Fsp3) is 0. The van der Waals surface area contributed by atoms with Gasteiger partial charge < -0.3 is 0 Å². The van der Waals surface area contributed by atoms with Crippen molar-refractivity contribution in [3.05, 3.63) is 66.7 Å². The Bertz CT molecular complexity index is 1040. The van der Waals surface area contributed by atoms with E-state index in [-0.39, 0.29) is 10.7 Å². The van der Waals surface area contributed by atoms with Crippen molar-refractivity contribution in [2.45, 2.75) is 0 Å². The van der Waals surface area contributed by atoms with Crippen LogP contribution in [0.1, 0.15) is 10.4 Å². The van der Waals surface area contributed by atoms with Crippen molar-refractivity contribution in [2.75, 3.05) is 5.32 Å². The average Bonchev–Trinajstić information content (AvgIpc) is 2.95. The number of nitrogens with one attached hydrogen (secondary N) is 1. The Morgan fingerprint density at radius 2 is 1.88 bits per heavy atom. The quantitative estimate of drug-likeness (QED) is 0.496. The third kappa shape index (κ3) is 3.46. The van der Waals surface area contributed by atoms with Gasteiger partial charge in [0.1, 0.15) is 5.56 Å². The van der Waals surface area contributed by atoms with Gasteiger partial charge >= 0.3 is 0 Å². The standard InChI is InChI=1S/C14H7BrN4O5S/c15-7-1-4-10-12(5-7)25-14(16-10)17-13(20)9-3-2-8(18(21)22)6-11(9)19(23)24/h1-6H,(H,16,17,20). The summed E-state index contributed by atoms with van der Waals surface area (Å²) in [5, 5.41) is 24.6. The average molecular weight is 423 g/mol. The van der Waals surface area contributed by atoms with Gasteiger partial charge in [-0.15, -0.1) is 0 Å². The molecule has 0 atom stereocenters. The maximum absolute atomic E-state index is 12.3. The number of hydrogen-bond donors (Lipinski definition) is 1. The molecule has 0 aliphatic heterocycles. The van der Waals surface area contributed by atoms with Gasteiger partial charge in [0.05, 0.1) is 26.1 Å². The highest BCUT2D eigenvalue weighted by Gasteiger charge is 2.24. The predicted octanol–water partition coefficient (Wildman–Crippen LogP) is 4.13. The number of nitrogens with zero attached hydrogens (tertiary/aromatic N) is 3. The van der Waals surface area contributed by atoms with Crippen LogP contribution >= 0.6 is 27.3 Å². The molecule has 2 aromatic carbocycles.